The predicted molar refractivity (Wildman–Crippen MR) is 525 cm³/mol. The standard InChI is InChI=1S/C92H146N8O17Si8/c1-11-101-118(102-12-2,77-45-69-93-85-53-29-21-30-54-85)111-120(105-15-5,79-47-71-95-87-57-33-23-34-58-87)113-122(107-17-7,81-49-73-97-89-61-37-25-38-62-89)115-124(109-19-9,83-51-75-99-91-65-41-27-42-66-91)117-125(110-20-10,84-52-76-100-92-67-43-28-44-68-92)116-123(108-18-8,82-50-74-98-90-63-39-26-40-64-90)114-121(106-16-6,80-48-72-96-88-59-35-24-36-60-88)112-119(103-13-3,104-14-4)78-46-70-94-86-55-31-22-32-56-86/h21-44,53-68,93-100H,11-20,45-52,69-84H2,1-10H3. The van der Waals surface area contributed by atoms with Crippen molar-refractivity contribution in [3.63, 3.8) is 0 Å². The molecule has 6 atom stereocenters. The van der Waals surface area contributed by atoms with E-state index in [9.17, 15) is 0 Å². The second kappa shape index (κ2) is 58.7. The van der Waals surface area contributed by atoms with E-state index in [1.807, 2.05) is 215 Å². The van der Waals surface area contributed by atoms with Gasteiger partial charge in [0, 0.05) is 212 Å². The molecular formula is C92H146N8O17Si8. The number of benzene rings is 8. The number of hydrogen-bond acceptors (Lipinski definition) is 25. The van der Waals surface area contributed by atoms with Crippen molar-refractivity contribution in [2.75, 3.05) is 161 Å². The van der Waals surface area contributed by atoms with E-state index in [-0.39, 0.29) is 63.8 Å². The minimum atomic E-state index is -4.64. The summed E-state index contributed by atoms with van der Waals surface area (Å²) in [6, 6.07) is 84.1. The van der Waals surface area contributed by atoms with Crippen LogP contribution in [0.5, 0.6) is 0 Å². The maximum atomic E-state index is 8.57. The van der Waals surface area contributed by atoms with Crippen molar-refractivity contribution in [1.29, 1.82) is 0 Å². The smallest absolute Gasteiger partial charge is 0.385 e. The lowest BCUT2D eigenvalue weighted by atomic mass is 10.3. The van der Waals surface area contributed by atoms with Gasteiger partial charge in [-0.25, -0.2) is 0 Å². The van der Waals surface area contributed by atoms with Crippen LogP contribution in [-0.4, -0.2) is 189 Å². The molecule has 0 fully saturated rings. The summed E-state index contributed by atoms with van der Waals surface area (Å²) in [4.78, 5) is 0. The van der Waals surface area contributed by atoms with Crippen molar-refractivity contribution in [3.05, 3.63) is 243 Å². The van der Waals surface area contributed by atoms with Crippen LogP contribution in [-0.2, 0) is 73.1 Å². The molecule has 33 heteroatoms. The fourth-order valence-corrected chi connectivity index (χ4v) is 51.6. The topological polar surface area (TPSA) is 253 Å². The molecule has 8 aromatic carbocycles. The van der Waals surface area contributed by atoms with Crippen molar-refractivity contribution >= 4 is 116 Å². The molecule has 0 heterocycles. The van der Waals surface area contributed by atoms with Gasteiger partial charge in [0.2, 0.25) is 0 Å². The van der Waals surface area contributed by atoms with Crippen molar-refractivity contribution in [3.8, 4) is 0 Å². The molecule has 8 aromatic rings. The van der Waals surface area contributed by atoms with Crippen LogP contribution in [0, 0.1) is 0 Å². The van der Waals surface area contributed by atoms with Gasteiger partial charge in [-0.05, 0) is 218 Å². The molecule has 688 valence electrons. The third kappa shape index (κ3) is 37.7. The lowest BCUT2D eigenvalue weighted by molar-refractivity contribution is 0.0271. The summed E-state index contributed by atoms with van der Waals surface area (Å²) in [6.45, 7) is 26.4. The summed E-state index contributed by atoms with van der Waals surface area (Å²) in [7, 11) is -34.7. The molecule has 0 saturated carbocycles. The van der Waals surface area contributed by atoms with Gasteiger partial charge >= 0.3 is 70.4 Å². The first-order valence-corrected chi connectivity index (χ1v) is 61.3. The molecule has 0 spiro atoms. The maximum Gasteiger partial charge on any atom is 0.493 e. The summed E-state index contributed by atoms with van der Waals surface area (Å²) in [5.41, 5.74) is 7.78. The summed E-state index contributed by atoms with van der Waals surface area (Å²) in [5.74, 6) is 0. The predicted octanol–water partition coefficient (Wildman–Crippen LogP) is 21.0. The Kier molecular flexibility index (Phi) is 48.7. The van der Waals surface area contributed by atoms with Crippen molar-refractivity contribution < 1.29 is 73.1 Å². The molecule has 8 rings (SSSR count). The van der Waals surface area contributed by atoms with Gasteiger partial charge in [0.25, 0.3) is 0 Å². The number of nitrogens with one attached hydrogen (secondary N) is 8. The first kappa shape index (κ1) is 104. The largest absolute Gasteiger partial charge is 0.493 e. The van der Waals surface area contributed by atoms with E-state index in [4.69, 9.17) is 73.1 Å². The van der Waals surface area contributed by atoms with Crippen molar-refractivity contribution in [2.45, 2.75) is 169 Å². The molecule has 0 aliphatic carbocycles. The average molecular weight is 1860 g/mol. The van der Waals surface area contributed by atoms with Gasteiger partial charge in [-0.3, -0.25) is 0 Å². The van der Waals surface area contributed by atoms with E-state index in [1.165, 1.54) is 0 Å². The van der Waals surface area contributed by atoms with Gasteiger partial charge in [0.1, 0.15) is 0 Å². The Hall–Kier alpha value is -6.78. The van der Waals surface area contributed by atoms with Crippen LogP contribution in [0.2, 0.25) is 48.4 Å². The Morgan fingerprint density at radius 3 is 0.376 bits per heavy atom. The van der Waals surface area contributed by atoms with Crippen molar-refractivity contribution in [2.24, 2.45) is 0 Å². The Morgan fingerprint density at radius 2 is 0.256 bits per heavy atom. The minimum Gasteiger partial charge on any atom is -0.385 e. The van der Waals surface area contributed by atoms with Gasteiger partial charge in [0.15, 0.2) is 0 Å². The number of para-hydroxylation sites is 8. The monoisotopic (exact) mass is 1860 g/mol. The molecule has 0 radical (unpaired) electrons. The van der Waals surface area contributed by atoms with E-state index in [0.717, 1.165) is 45.5 Å². The third-order valence-electron chi connectivity index (χ3n) is 19.9. The molecule has 6 unspecified atom stereocenters. The minimum absolute atomic E-state index is 0.136. The first-order valence-electron chi connectivity index (χ1n) is 45.8. The summed E-state index contributed by atoms with van der Waals surface area (Å²) in [5, 5.41) is 29.5. The lowest BCUT2D eigenvalue weighted by Crippen LogP contribution is -2.71. The van der Waals surface area contributed by atoms with Gasteiger partial charge in [-0.15, -0.1) is 0 Å². The van der Waals surface area contributed by atoms with Crippen LogP contribution < -0.4 is 42.5 Å². The highest BCUT2D eigenvalue weighted by Crippen LogP contribution is 2.42. The quantitative estimate of drug-likeness (QED) is 0.0130. The number of rotatable bonds is 74. The molecular weight excluding hydrogens is 1710 g/mol. The zero-order valence-corrected chi connectivity index (χ0v) is 84.1. The van der Waals surface area contributed by atoms with Gasteiger partial charge in [0.05, 0.1) is 0 Å². The molecule has 0 aliphatic heterocycles. The molecule has 0 aromatic heterocycles. The van der Waals surface area contributed by atoms with E-state index < -0.39 is 70.4 Å². The molecule has 0 aliphatic rings. The first-order chi connectivity index (χ1) is 61.2. The maximum absolute atomic E-state index is 8.57. The third-order valence-corrected chi connectivity index (χ3v) is 52.3. The Morgan fingerprint density at radius 1 is 0.152 bits per heavy atom. The Labute approximate surface area is 756 Å². The number of hydrogen-bond donors (Lipinski definition) is 8. The highest BCUT2D eigenvalue weighted by atomic mass is 28.5. The van der Waals surface area contributed by atoms with Crippen molar-refractivity contribution in [1.82, 2.24) is 0 Å². The fraction of sp³-hybridized carbons (Fsp3) is 0.478. The van der Waals surface area contributed by atoms with E-state index in [0.29, 0.717) is 154 Å². The SMILES string of the molecule is CCO[Si](CCCNc1ccccc1)(OCC)O[Si](CCCNc1ccccc1)(OCC)O[Si](CCCNc1ccccc1)(OCC)O[Si](CCCNc1ccccc1)(OCC)O[Si](CCCNc1ccccc1)(OCC)O[Si](CCCNc1ccccc1)(OCC)O[Si](CCCNc1ccccc1)(OCC)O[Si](CCCNc1ccccc1)(OCC)OCC. The summed E-state index contributed by atoms with van der Waals surface area (Å²) in [6.07, 6.45) is 4.30. The normalized spacial score (nSPS) is 14.7. The second-order valence-electron chi connectivity index (χ2n) is 29.7. The van der Waals surface area contributed by atoms with E-state index >= 15 is 0 Å². The highest BCUT2D eigenvalue weighted by Gasteiger charge is 2.67. The van der Waals surface area contributed by atoms with Crippen LogP contribution in [0.15, 0.2) is 243 Å². The average Bonchev–Trinajstić information content (AvgIpc) is 0.756. The summed E-state index contributed by atoms with van der Waals surface area (Å²) < 4.78 is 132. The molecule has 25 nitrogen and oxygen atoms in total. The second-order valence-corrected chi connectivity index (χ2v) is 53.2. The highest BCUT2D eigenvalue weighted by molar-refractivity contribution is 6.88. The van der Waals surface area contributed by atoms with Gasteiger partial charge in [-0.1, -0.05) is 146 Å². The van der Waals surface area contributed by atoms with Gasteiger partial charge < -0.3 is 116 Å². The van der Waals surface area contributed by atoms with Crippen LogP contribution in [0.3, 0.4) is 0 Å². The van der Waals surface area contributed by atoms with E-state index in [1.54, 1.807) is 0 Å². The Bertz CT molecular complexity index is 3770. The van der Waals surface area contributed by atoms with Crippen LogP contribution in [0.25, 0.3) is 0 Å². The molecule has 0 saturated heterocycles. The van der Waals surface area contributed by atoms with Gasteiger partial charge in [-0.2, -0.15) is 0 Å². The fourth-order valence-electron chi connectivity index (χ4n) is 14.7. The van der Waals surface area contributed by atoms with E-state index in [2.05, 4.69) is 140 Å². The zero-order chi connectivity index (χ0) is 88.6. The molecule has 125 heavy (non-hydrogen) atoms. The number of anilines is 8. The molecule has 8 N–H and O–H groups in total. The lowest BCUT2D eigenvalue weighted by Gasteiger charge is -2.48. The molecule has 0 bridgehead atoms. The van der Waals surface area contributed by atoms with Crippen LogP contribution in [0.4, 0.5) is 45.5 Å². The van der Waals surface area contributed by atoms with Crippen LogP contribution >= 0.6 is 0 Å². The molecule has 0 amide bonds. The zero-order valence-electron chi connectivity index (χ0n) is 76.1. The Balaban J connectivity index is 1.38. The summed E-state index contributed by atoms with van der Waals surface area (Å²) >= 11 is 0. The van der Waals surface area contributed by atoms with Crippen LogP contribution in [0.1, 0.15) is 121 Å².